The lowest BCUT2D eigenvalue weighted by Crippen LogP contribution is -2.14. The van der Waals surface area contributed by atoms with Gasteiger partial charge in [0.05, 0.1) is 0 Å². The molecule has 0 aromatic carbocycles. The van der Waals surface area contributed by atoms with E-state index in [1.807, 2.05) is 20.8 Å². The molecule has 0 aliphatic heterocycles. The van der Waals surface area contributed by atoms with Crippen molar-refractivity contribution in [2.75, 3.05) is 0 Å². The number of hydrogen-bond donors (Lipinski definition) is 0. The van der Waals surface area contributed by atoms with E-state index in [1.165, 1.54) is 6.07 Å². The first-order valence-corrected chi connectivity index (χ1v) is 6.93. The first kappa shape index (κ1) is 12.7. The van der Waals surface area contributed by atoms with E-state index >= 15 is 0 Å². The Kier molecular flexibility index (Phi) is 3.33. The fraction of sp³-hybridized carbons (Fsp3) is 0.444. The average Bonchev–Trinajstić information content (AvgIpc) is 1.99. The predicted octanol–water partition coefficient (Wildman–Crippen LogP) is 2.96. The second-order valence-electron chi connectivity index (χ2n) is 4.17. The molecule has 0 aliphatic carbocycles. The molecule has 0 saturated heterocycles. The summed E-state index contributed by atoms with van der Waals surface area (Å²) >= 11 is 5.75. The van der Waals surface area contributed by atoms with Gasteiger partial charge in [0.2, 0.25) is 0 Å². The lowest BCUT2D eigenvalue weighted by atomic mass is 9.92. The maximum Gasteiger partial charge on any atom is 0.264 e. The molecular formula is C9H11Cl2NO2S. The van der Waals surface area contributed by atoms with Crippen molar-refractivity contribution in [1.29, 1.82) is 0 Å². The topological polar surface area (TPSA) is 47.0 Å². The van der Waals surface area contributed by atoms with Crippen molar-refractivity contribution >= 4 is 31.3 Å². The molecule has 3 nitrogen and oxygen atoms in total. The minimum Gasteiger partial charge on any atom is -0.239 e. The van der Waals surface area contributed by atoms with E-state index in [2.05, 4.69) is 4.98 Å². The quantitative estimate of drug-likeness (QED) is 0.581. The van der Waals surface area contributed by atoms with Crippen LogP contribution in [0.2, 0.25) is 5.15 Å². The van der Waals surface area contributed by atoms with Gasteiger partial charge in [-0.15, -0.1) is 0 Å². The van der Waals surface area contributed by atoms with E-state index in [9.17, 15) is 8.42 Å². The number of hydrogen-bond acceptors (Lipinski definition) is 3. The van der Waals surface area contributed by atoms with Gasteiger partial charge in [-0.25, -0.2) is 13.4 Å². The SMILES string of the molecule is CC(C)(C)c1ccc(S(=O)(=O)Cl)c(Cl)n1. The molecule has 0 radical (unpaired) electrons. The molecule has 1 heterocycles. The summed E-state index contributed by atoms with van der Waals surface area (Å²) in [7, 11) is 1.36. The summed E-state index contributed by atoms with van der Waals surface area (Å²) in [6, 6.07) is 2.99. The molecular weight excluding hydrogens is 257 g/mol. The second-order valence-corrected chi connectivity index (χ2v) is 7.07. The standard InChI is InChI=1S/C9H11Cl2NO2S/c1-9(2,3)7-5-4-6(8(10)12-7)15(11,13)14/h4-5H,1-3H3. The second kappa shape index (κ2) is 3.92. The summed E-state index contributed by atoms with van der Waals surface area (Å²) in [6.45, 7) is 5.88. The van der Waals surface area contributed by atoms with Gasteiger partial charge in [0.1, 0.15) is 10.0 Å². The van der Waals surface area contributed by atoms with Crippen LogP contribution in [0.15, 0.2) is 17.0 Å². The third-order valence-electron chi connectivity index (χ3n) is 1.85. The predicted molar refractivity (Wildman–Crippen MR) is 61.0 cm³/mol. The maximum absolute atomic E-state index is 11.1. The lowest BCUT2D eigenvalue weighted by molar-refractivity contribution is 0.566. The van der Waals surface area contributed by atoms with E-state index in [4.69, 9.17) is 22.3 Å². The monoisotopic (exact) mass is 267 g/mol. The Morgan fingerprint density at radius 2 is 1.80 bits per heavy atom. The van der Waals surface area contributed by atoms with Crippen molar-refractivity contribution in [1.82, 2.24) is 4.98 Å². The third-order valence-corrected chi connectivity index (χ3v) is 3.60. The molecule has 1 aromatic heterocycles. The summed E-state index contributed by atoms with van der Waals surface area (Å²) in [5.41, 5.74) is 0.537. The van der Waals surface area contributed by atoms with Gasteiger partial charge in [0.25, 0.3) is 9.05 Å². The molecule has 0 atom stereocenters. The Labute approximate surface area is 98.8 Å². The van der Waals surface area contributed by atoms with Crippen LogP contribution in [0.1, 0.15) is 26.5 Å². The molecule has 0 spiro atoms. The van der Waals surface area contributed by atoms with Gasteiger partial charge in [-0.2, -0.15) is 0 Å². The summed E-state index contributed by atoms with van der Waals surface area (Å²) in [6.07, 6.45) is 0. The largest absolute Gasteiger partial charge is 0.264 e. The number of rotatable bonds is 1. The van der Waals surface area contributed by atoms with E-state index in [0.29, 0.717) is 0 Å². The van der Waals surface area contributed by atoms with E-state index in [1.54, 1.807) is 6.07 Å². The van der Waals surface area contributed by atoms with E-state index in [-0.39, 0.29) is 15.5 Å². The molecule has 6 heteroatoms. The molecule has 84 valence electrons. The van der Waals surface area contributed by atoms with Crippen LogP contribution < -0.4 is 0 Å². The molecule has 0 aliphatic rings. The molecule has 0 unspecified atom stereocenters. The molecule has 0 saturated carbocycles. The van der Waals surface area contributed by atoms with Gasteiger partial charge in [-0.1, -0.05) is 32.4 Å². The van der Waals surface area contributed by atoms with Gasteiger partial charge < -0.3 is 0 Å². The van der Waals surface area contributed by atoms with Crippen LogP contribution in [-0.2, 0) is 14.5 Å². The number of pyridine rings is 1. The molecule has 0 bridgehead atoms. The molecule has 15 heavy (non-hydrogen) atoms. The summed E-state index contributed by atoms with van der Waals surface area (Å²) in [5.74, 6) is 0. The number of halogens is 2. The highest BCUT2D eigenvalue weighted by Crippen LogP contribution is 2.27. The van der Waals surface area contributed by atoms with Gasteiger partial charge in [-0.05, 0) is 12.1 Å². The van der Waals surface area contributed by atoms with Crippen molar-refractivity contribution in [3.8, 4) is 0 Å². The highest BCUT2D eigenvalue weighted by Gasteiger charge is 2.20. The van der Waals surface area contributed by atoms with Crippen LogP contribution in [0.3, 0.4) is 0 Å². The Morgan fingerprint density at radius 1 is 1.27 bits per heavy atom. The highest BCUT2D eigenvalue weighted by atomic mass is 35.7. The fourth-order valence-electron chi connectivity index (χ4n) is 1.02. The molecule has 0 N–H and O–H groups in total. The van der Waals surface area contributed by atoms with Crippen LogP contribution in [-0.4, -0.2) is 13.4 Å². The summed E-state index contributed by atoms with van der Waals surface area (Å²) in [4.78, 5) is 3.86. The smallest absolute Gasteiger partial charge is 0.239 e. The summed E-state index contributed by atoms with van der Waals surface area (Å²) in [5, 5.41) is -0.0857. The minimum absolute atomic E-state index is 0.0857. The van der Waals surface area contributed by atoms with Crippen LogP contribution in [0.5, 0.6) is 0 Å². The minimum atomic E-state index is -3.82. The average molecular weight is 268 g/mol. The first-order chi connectivity index (χ1) is 6.62. The Balaban J connectivity index is 3.34. The Bertz CT molecular complexity index is 477. The summed E-state index contributed by atoms with van der Waals surface area (Å²) < 4.78 is 22.1. The van der Waals surface area contributed by atoms with Crippen LogP contribution in [0.25, 0.3) is 0 Å². The molecule has 1 aromatic rings. The third kappa shape index (κ3) is 3.06. The zero-order valence-electron chi connectivity index (χ0n) is 8.58. The van der Waals surface area contributed by atoms with E-state index < -0.39 is 9.05 Å². The lowest BCUT2D eigenvalue weighted by Gasteiger charge is -2.17. The van der Waals surface area contributed by atoms with Crippen molar-refractivity contribution in [2.45, 2.75) is 31.1 Å². The number of aromatic nitrogens is 1. The fourth-order valence-corrected chi connectivity index (χ4v) is 2.45. The zero-order chi connectivity index (χ0) is 11.9. The van der Waals surface area contributed by atoms with Gasteiger partial charge in [0.15, 0.2) is 0 Å². The van der Waals surface area contributed by atoms with Gasteiger partial charge in [-0.3, -0.25) is 0 Å². The van der Waals surface area contributed by atoms with Crippen molar-refractivity contribution < 1.29 is 8.42 Å². The van der Waals surface area contributed by atoms with Crippen molar-refractivity contribution in [2.24, 2.45) is 0 Å². The van der Waals surface area contributed by atoms with Crippen LogP contribution in [0, 0.1) is 0 Å². The number of nitrogens with zero attached hydrogens (tertiary/aromatic N) is 1. The van der Waals surface area contributed by atoms with E-state index in [0.717, 1.165) is 5.69 Å². The van der Waals surface area contributed by atoms with Gasteiger partial charge >= 0.3 is 0 Å². The molecule has 1 rings (SSSR count). The molecule has 0 amide bonds. The first-order valence-electron chi connectivity index (χ1n) is 4.24. The van der Waals surface area contributed by atoms with Crippen LogP contribution >= 0.6 is 22.3 Å². The van der Waals surface area contributed by atoms with Crippen molar-refractivity contribution in [3.63, 3.8) is 0 Å². The van der Waals surface area contributed by atoms with Gasteiger partial charge in [0, 0.05) is 21.8 Å². The molecule has 0 fully saturated rings. The van der Waals surface area contributed by atoms with Crippen LogP contribution in [0.4, 0.5) is 0 Å². The highest BCUT2D eigenvalue weighted by molar-refractivity contribution is 8.13. The van der Waals surface area contributed by atoms with Crippen molar-refractivity contribution in [3.05, 3.63) is 23.0 Å². The Morgan fingerprint density at radius 3 is 2.13 bits per heavy atom. The normalized spacial score (nSPS) is 12.9. The maximum atomic E-state index is 11.1. The zero-order valence-corrected chi connectivity index (χ0v) is 10.9. The Hall–Kier alpha value is -0.320.